The third-order valence-corrected chi connectivity index (χ3v) is 10.1. The molecule has 0 bridgehead atoms. The van der Waals surface area contributed by atoms with Gasteiger partial charge in [-0.25, -0.2) is 8.42 Å². The number of hydrogen-bond donors (Lipinski definition) is 1. The number of benzene rings is 3. The first-order valence-corrected chi connectivity index (χ1v) is 16.6. The predicted octanol–water partition coefficient (Wildman–Crippen LogP) is 6.07. The van der Waals surface area contributed by atoms with Crippen LogP contribution in [0, 0.1) is 0 Å². The average Bonchev–Trinajstić information content (AvgIpc) is 3.53. The molecule has 0 saturated heterocycles. The monoisotopic (exact) mass is 661 g/mol. The van der Waals surface area contributed by atoms with Crippen molar-refractivity contribution in [2.75, 3.05) is 25.1 Å². The van der Waals surface area contributed by atoms with E-state index in [2.05, 4.69) is 5.32 Å². The maximum absolute atomic E-state index is 14.3. The van der Waals surface area contributed by atoms with Crippen molar-refractivity contribution < 1.29 is 27.5 Å². The molecule has 0 heterocycles. The Morgan fingerprint density at radius 3 is 2.27 bits per heavy atom. The summed E-state index contributed by atoms with van der Waals surface area (Å²) < 4.78 is 40.0. The van der Waals surface area contributed by atoms with Crippen LogP contribution in [0.15, 0.2) is 71.6 Å². The molecule has 4 rings (SSSR count). The van der Waals surface area contributed by atoms with Crippen LogP contribution in [0.4, 0.5) is 5.69 Å². The summed E-state index contributed by atoms with van der Waals surface area (Å²) in [5, 5.41) is 3.85. The lowest BCUT2D eigenvalue weighted by Gasteiger charge is -2.34. The Balaban J connectivity index is 1.76. The summed E-state index contributed by atoms with van der Waals surface area (Å²) in [6.07, 6.45) is 4.11. The third-order valence-electron chi connectivity index (χ3n) is 7.72. The van der Waals surface area contributed by atoms with Crippen LogP contribution in [0.2, 0.25) is 10.0 Å². The Bertz CT molecular complexity index is 1560. The molecule has 0 spiro atoms. The standard InChI is InChI=1S/C32H37Cl2N3O6S/c1-4-28(32(39)35-24-9-5-6-10-24)36(20-22-13-14-23(33)19-27(22)34)31(38)21-37(29-11-7-8-12-30(29)43-3)44(40,41)26-17-15-25(42-2)16-18-26/h7-8,11-19,24,28H,4-6,9-10,20-21H2,1-3H3,(H,35,39)/t28-/m0/s1. The zero-order valence-corrected chi connectivity index (χ0v) is 27.3. The minimum Gasteiger partial charge on any atom is -0.497 e. The van der Waals surface area contributed by atoms with E-state index in [1.54, 1.807) is 42.5 Å². The topological polar surface area (TPSA) is 105 Å². The predicted molar refractivity (Wildman–Crippen MR) is 172 cm³/mol. The summed E-state index contributed by atoms with van der Waals surface area (Å²) in [5.41, 5.74) is 0.741. The summed E-state index contributed by atoms with van der Waals surface area (Å²) in [6, 6.07) is 16.5. The molecule has 0 aromatic heterocycles. The number of sulfonamides is 1. The van der Waals surface area contributed by atoms with E-state index in [4.69, 9.17) is 32.7 Å². The molecule has 12 heteroatoms. The van der Waals surface area contributed by atoms with Gasteiger partial charge in [-0.1, -0.05) is 61.2 Å². The number of amides is 2. The van der Waals surface area contributed by atoms with E-state index in [-0.39, 0.29) is 34.8 Å². The highest BCUT2D eigenvalue weighted by Gasteiger charge is 2.35. The molecule has 44 heavy (non-hydrogen) atoms. The number of ether oxygens (including phenoxy) is 2. The number of nitrogens with one attached hydrogen (secondary N) is 1. The number of hydrogen-bond acceptors (Lipinski definition) is 6. The number of anilines is 1. The molecule has 1 atom stereocenters. The smallest absolute Gasteiger partial charge is 0.264 e. The minimum atomic E-state index is -4.29. The van der Waals surface area contributed by atoms with Gasteiger partial charge in [0.05, 0.1) is 24.8 Å². The lowest BCUT2D eigenvalue weighted by atomic mass is 10.1. The molecule has 1 aliphatic rings. The molecule has 1 fully saturated rings. The SMILES string of the molecule is CC[C@@H](C(=O)NC1CCCC1)N(Cc1ccc(Cl)cc1Cl)C(=O)CN(c1ccccc1OC)S(=O)(=O)c1ccc(OC)cc1. The van der Waals surface area contributed by atoms with Crippen molar-refractivity contribution in [3.63, 3.8) is 0 Å². The van der Waals surface area contributed by atoms with Gasteiger partial charge in [0.2, 0.25) is 11.8 Å². The van der Waals surface area contributed by atoms with Gasteiger partial charge in [-0.05, 0) is 73.4 Å². The molecule has 0 radical (unpaired) electrons. The Morgan fingerprint density at radius 1 is 0.977 bits per heavy atom. The van der Waals surface area contributed by atoms with Gasteiger partial charge in [0.25, 0.3) is 10.0 Å². The van der Waals surface area contributed by atoms with E-state index in [0.29, 0.717) is 27.8 Å². The Morgan fingerprint density at radius 2 is 1.66 bits per heavy atom. The first-order valence-electron chi connectivity index (χ1n) is 14.4. The number of halogens is 2. The average molecular weight is 663 g/mol. The third kappa shape index (κ3) is 7.78. The fourth-order valence-electron chi connectivity index (χ4n) is 5.34. The summed E-state index contributed by atoms with van der Waals surface area (Å²) in [5.74, 6) is -0.142. The highest BCUT2D eigenvalue weighted by atomic mass is 35.5. The van der Waals surface area contributed by atoms with Gasteiger partial charge >= 0.3 is 0 Å². The van der Waals surface area contributed by atoms with E-state index in [9.17, 15) is 18.0 Å². The van der Waals surface area contributed by atoms with Gasteiger partial charge in [0.15, 0.2) is 0 Å². The normalized spacial score (nSPS) is 14.1. The Kier molecular flexibility index (Phi) is 11.4. The summed E-state index contributed by atoms with van der Waals surface area (Å²) in [6.45, 7) is 1.18. The van der Waals surface area contributed by atoms with Crippen LogP contribution in [0.1, 0.15) is 44.6 Å². The molecule has 0 unspecified atom stereocenters. The first-order chi connectivity index (χ1) is 21.1. The van der Waals surface area contributed by atoms with Gasteiger partial charge in [0, 0.05) is 22.6 Å². The molecule has 9 nitrogen and oxygen atoms in total. The number of carbonyl (C=O) groups is 2. The van der Waals surface area contributed by atoms with Gasteiger partial charge < -0.3 is 19.7 Å². The van der Waals surface area contributed by atoms with E-state index in [1.807, 2.05) is 6.92 Å². The van der Waals surface area contributed by atoms with Crippen LogP contribution in [-0.4, -0.2) is 58.0 Å². The molecule has 3 aromatic rings. The maximum atomic E-state index is 14.3. The molecule has 236 valence electrons. The fraction of sp³-hybridized carbons (Fsp3) is 0.375. The molecule has 0 aliphatic heterocycles. The van der Waals surface area contributed by atoms with E-state index >= 15 is 0 Å². The van der Waals surface area contributed by atoms with E-state index < -0.39 is 28.5 Å². The van der Waals surface area contributed by atoms with E-state index in [1.165, 1.54) is 43.4 Å². The van der Waals surface area contributed by atoms with Crippen molar-refractivity contribution in [1.29, 1.82) is 0 Å². The minimum absolute atomic E-state index is 0.0340. The number of rotatable bonds is 13. The second-order valence-corrected chi connectivity index (χ2v) is 13.2. The fourth-order valence-corrected chi connectivity index (χ4v) is 7.24. The van der Waals surface area contributed by atoms with Crippen LogP contribution in [-0.2, 0) is 26.2 Å². The summed E-state index contributed by atoms with van der Waals surface area (Å²) in [7, 11) is -1.38. The van der Waals surface area contributed by atoms with Gasteiger partial charge in [-0.2, -0.15) is 0 Å². The van der Waals surface area contributed by atoms with Gasteiger partial charge in [-0.3, -0.25) is 13.9 Å². The largest absolute Gasteiger partial charge is 0.497 e. The molecule has 1 saturated carbocycles. The zero-order valence-electron chi connectivity index (χ0n) is 25.0. The van der Waals surface area contributed by atoms with Crippen molar-refractivity contribution in [3.8, 4) is 11.5 Å². The maximum Gasteiger partial charge on any atom is 0.264 e. The number of methoxy groups -OCH3 is 2. The molecular formula is C32H37Cl2N3O6S. The van der Waals surface area contributed by atoms with Gasteiger partial charge in [-0.15, -0.1) is 0 Å². The quantitative estimate of drug-likeness (QED) is 0.238. The highest BCUT2D eigenvalue weighted by molar-refractivity contribution is 7.92. The lowest BCUT2D eigenvalue weighted by Crippen LogP contribution is -2.53. The number of carbonyl (C=O) groups excluding carboxylic acids is 2. The number of para-hydroxylation sites is 2. The van der Waals surface area contributed by atoms with Gasteiger partial charge in [0.1, 0.15) is 24.1 Å². The van der Waals surface area contributed by atoms with Crippen LogP contribution in [0.25, 0.3) is 0 Å². The van der Waals surface area contributed by atoms with Crippen LogP contribution in [0.5, 0.6) is 11.5 Å². The molecule has 1 N–H and O–H groups in total. The summed E-state index contributed by atoms with van der Waals surface area (Å²) in [4.78, 5) is 29.3. The van der Waals surface area contributed by atoms with Crippen molar-refractivity contribution >= 4 is 50.7 Å². The Labute approximate surface area is 269 Å². The second-order valence-electron chi connectivity index (χ2n) is 10.5. The van der Waals surface area contributed by atoms with Crippen LogP contribution in [0.3, 0.4) is 0 Å². The van der Waals surface area contributed by atoms with Crippen LogP contribution < -0.4 is 19.1 Å². The van der Waals surface area contributed by atoms with Crippen molar-refractivity contribution in [3.05, 3.63) is 82.3 Å². The zero-order chi connectivity index (χ0) is 31.9. The highest BCUT2D eigenvalue weighted by Crippen LogP contribution is 2.33. The molecule has 3 aromatic carbocycles. The van der Waals surface area contributed by atoms with Crippen molar-refractivity contribution in [2.24, 2.45) is 0 Å². The number of nitrogens with zero attached hydrogens (tertiary/aromatic N) is 2. The first kappa shape index (κ1) is 33.4. The molecule has 2 amide bonds. The van der Waals surface area contributed by atoms with Crippen LogP contribution >= 0.6 is 23.2 Å². The summed E-state index contributed by atoms with van der Waals surface area (Å²) >= 11 is 12.6. The second kappa shape index (κ2) is 15.0. The molecule has 1 aliphatic carbocycles. The van der Waals surface area contributed by atoms with Crippen molar-refractivity contribution in [1.82, 2.24) is 10.2 Å². The Hall–Kier alpha value is -3.47. The molecular weight excluding hydrogens is 625 g/mol. The lowest BCUT2D eigenvalue weighted by molar-refractivity contribution is -0.140. The van der Waals surface area contributed by atoms with E-state index in [0.717, 1.165) is 30.0 Å². The van der Waals surface area contributed by atoms with Crippen molar-refractivity contribution in [2.45, 2.75) is 62.6 Å².